The zero-order chi connectivity index (χ0) is 12.4. The molecule has 2 aromatic heterocycles. The van der Waals surface area contributed by atoms with Crippen molar-refractivity contribution in [2.75, 3.05) is 5.73 Å². The number of nitrogen functional groups attached to an aromatic ring is 1. The van der Waals surface area contributed by atoms with Crippen LogP contribution in [0.3, 0.4) is 0 Å². The van der Waals surface area contributed by atoms with Gasteiger partial charge in [0.2, 0.25) is 5.88 Å². The summed E-state index contributed by atoms with van der Waals surface area (Å²) in [5, 5.41) is 2.94. The average molecular weight is 257 g/mol. The number of rotatable bonds is 3. The molecular formula is C13H11N3OS. The quantitative estimate of drug-likeness (QED) is 0.733. The highest BCUT2D eigenvalue weighted by atomic mass is 32.1. The first kappa shape index (κ1) is 11.0. The second-order valence-electron chi connectivity index (χ2n) is 3.85. The van der Waals surface area contributed by atoms with Crippen molar-refractivity contribution in [1.29, 1.82) is 0 Å². The standard InChI is InChI=1S/C13H11N3OS/c14-10-3-1-9(2-4-10)7-17-12-11-5-6-18-13(11)16-8-15-12/h1-6,8H,7,14H2. The number of aromatic nitrogens is 2. The molecule has 0 aliphatic heterocycles. The maximum absolute atomic E-state index is 5.72. The van der Waals surface area contributed by atoms with Crippen LogP contribution >= 0.6 is 11.3 Å². The molecule has 0 saturated heterocycles. The second kappa shape index (κ2) is 4.62. The van der Waals surface area contributed by atoms with E-state index in [2.05, 4.69) is 9.97 Å². The van der Waals surface area contributed by atoms with Crippen LogP contribution in [0.15, 0.2) is 42.0 Å². The van der Waals surface area contributed by atoms with Crippen molar-refractivity contribution in [3.8, 4) is 5.88 Å². The summed E-state index contributed by atoms with van der Waals surface area (Å²) in [7, 11) is 0. The van der Waals surface area contributed by atoms with Crippen molar-refractivity contribution in [3.63, 3.8) is 0 Å². The van der Waals surface area contributed by atoms with Gasteiger partial charge in [0.15, 0.2) is 0 Å². The van der Waals surface area contributed by atoms with Crippen LogP contribution in [0.4, 0.5) is 5.69 Å². The zero-order valence-corrected chi connectivity index (χ0v) is 10.4. The van der Waals surface area contributed by atoms with Gasteiger partial charge in [0.25, 0.3) is 0 Å². The van der Waals surface area contributed by atoms with Crippen LogP contribution in [-0.4, -0.2) is 9.97 Å². The van der Waals surface area contributed by atoms with Gasteiger partial charge < -0.3 is 10.5 Å². The molecule has 3 rings (SSSR count). The number of ether oxygens (including phenoxy) is 1. The van der Waals surface area contributed by atoms with Crippen molar-refractivity contribution in [1.82, 2.24) is 9.97 Å². The zero-order valence-electron chi connectivity index (χ0n) is 9.54. The largest absolute Gasteiger partial charge is 0.472 e. The molecule has 0 aliphatic carbocycles. The van der Waals surface area contributed by atoms with E-state index >= 15 is 0 Å². The number of thiophene rings is 1. The molecule has 2 heterocycles. The average Bonchev–Trinajstić information content (AvgIpc) is 2.87. The number of hydrogen-bond acceptors (Lipinski definition) is 5. The first-order chi connectivity index (χ1) is 8.83. The molecule has 3 aromatic rings. The Balaban J connectivity index is 1.80. The first-order valence-corrected chi connectivity index (χ1v) is 6.36. The molecule has 2 N–H and O–H groups in total. The molecule has 5 heteroatoms. The fourth-order valence-corrected chi connectivity index (χ4v) is 2.37. The summed E-state index contributed by atoms with van der Waals surface area (Å²) in [5.41, 5.74) is 7.45. The second-order valence-corrected chi connectivity index (χ2v) is 4.74. The van der Waals surface area contributed by atoms with Gasteiger partial charge in [-0.1, -0.05) is 12.1 Å². The third-order valence-corrected chi connectivity index (χ3v) is 3.40. The van der Waals surface area contributed by atoms with Gasteiger partial charge in [-0.2, -0.15) is 0 Å². The smallest absolute Gasteiger partial charge is 0.225 e. The normalized spacial score (nSPS) is 10.7. The molecule has 90 valence electrons. The van der Waals surface area contributed by atoms with Crippen LogP contribution in [0.2, 0.25) is 0 Å². The highest BCUT2D eigenvalue weighted by Crippen LogP contribution is 2.26. The monoisotopic (exact) mass is 257 g/mol. The highest BCUT2D eigenvalue weighted by molar-refractivity contribution is 7.16. The SMILES string of the molecule is Nc1ccc(COc2ncnc3sccc23)cc1. The predicted molar refractivity (Wildman–Crippen MR) is 72.6 cm³/mol. The Bertz CT molecular complexity index is 663. The summed E-state index contributed by atoms with van der Waals surface area (Å²) in [4.78, 5) is 9.28. The molecule has 0 amide bonds. The van der Waals surface area contributed by atoms with Crippen molar-refractivity contribution in [3.05, 3.63) is 47.6 Å². The summed E-state index contributed by atoms with van der Waals surface area (Å²) in [6, 6.07) is 9.58. The predicted octanol–water partition coefficient (Wildman–Crippen LogP) is 2.85. The van der Waals surface area contributed by atoms with Crippen molar-refractivity contribution < 1.29 is 4.74 Å². The van der Waals surface area contributed by atoms with E-state index in [1.165, 1.54) is 6.33 Å². The van der Waals surface area contributed by atoms with Crippen LogP contribution in [0.5, 0.6) is 5.88 Å². The number of anilines is 1. The number of fused-ring (bicyclic) bond motifs is 1. The van der Waals surface area contributed by atoms with Gasteiger partial charge in [0.1, 0.15) is 17.8 Å². The van der Waals surface area contributed by atoms with E-state index in [-0.39, 0.29) is 0 Å². The van der Waals surface area contributed by atoms with Crippen molar-refractivity contribution >= 4 is 27.2 Å². The van der Waals surface area contributed by atoms with E-state index in [0.717, 1.165) is 21.5 Å². The van der Waals surface area contributed by atoms with Crippen LogP contribution in [0.25, 0.3) is 10.2 Å². The molecule has 0 atom stereocenters. The Morgan fingerprint density at radius 1 is 1.11 bits per heavy atom. The fraction of sp³-hybridized carbons (Fsp3) is 0.0769. The van der Waals surface area contributed by atoms with Crippen LogP contribution in [0.1, 0.15) is 5.56 Å². The minimum Gasteiger partial charge on any atom is -0.472 e. The lowest BCUT2D eigenvalue weighted by Gasteiger charge is -2.06. The van der Waals surface area contributed by atoms with E-state index in [9.17, 15) is 0 Å². The maximum atomic E-state index is 5.72. The van der Waals surface area contributed by atoms with Gasteiger partial charge in [-0.25, -0.2) is 9.97 Å². The number of benzene rings is 1. The van der Waals surface area contributed by atoms with Gasteiger partial charge >= 0.3 is 0 Å². The Hall–Kier alpha value is -2.14. The van der Waals surface area contributed by atoms with E-state index in [1.54, 1.807) is 11.3 Å². The molecule has 4 nitrogen and oxygen atoms in total. The van der Waals surface area contributed by atoms with Gasteiger partial charge in [-0.15, -0.1) is 11.3 Å². The van der Waals surface area contributed by atoms with Crippen molar-refractivity contribution in [2.45, 2.75) is 6.61 Å². The molecule has 0 unspecified atom stereocenters. The Morgan fingerprint density at radius 3 is 2.78 bits per heavy atom. The lowest BCUT2D eigenvalue weighted by Crippen LogP contribution is -1.98. The minimum atomic E-state index is 0.474. The maximum Gasteiger partial charge on any atom is 0.225 e. The molecule has 0 bridgehead atoms. The third kappa shape index (κ3) is 2.12. The molecular weight excluding hydrogens is 246 g/mol. The minimum absolute atomic E-state index is 0.474. The van der Waals surface area contributed by atoms with Gasteiger partial charge in [-0.05, 0) is 29.1 Å². The van der Waals surface area contributed by atoms with E-state index in [0.29, 0.717) is 12.5 Å². The number of hydrogen-bond donors (Lipinski definition) is 1. The molecule has 1 aromatic carbocycles. The number of nitrogens with two attached hydrogens (primary N) is 1. The summed E-state index contributed by atoms with van der Waals surface area (Å²) >= 11 is 1.58. The van der Waals surface area contributed by atoms with Crippen molar-refractivity contribution in [2.24, 2.45) is 0 Å². The third-order valence-electron chi connectivity index (χ3n) is 2.58. The molecule has 0 saturated carbocycles. The van der Waals surface area contributed by atoms with Crippen LogP contribution in [0, 0.1) is 0 Å². The molecule has 18 heavy (non-hydrogen) atoms. The van der Waals surface area contributed by atoms with Gasteiger partial charge in [-0.3, -0.25) is 0 Å². The van der Waals surface area contributed by atoms with Crippen LogP contribution in [-0.2, 0) is 6.61 Å². The lowest BCUT2D eigenvalue weighted by molar-refractivity contribution is 0.298. The Kier molecular flexibility index (Phi) is 2.82. The molecule has 0 fully saturated rings. The van der Waals surface area contributed by atoms with Crippen LogP contribution < -0.4 is 10.5 Å². The van der Waals surface area contributed by atoms with Gasteiger partial charge in [0.05, 0.1) is 5.39 Å². The first-order valence-electron chi connectivity index (χ1n) is 5.48. The Labute approximate surface area is 108 Å². The summed E-state index contributed by atoms with van der Waals surface area (Å²) in [5.74, 6) is 0.623. The Morgan fingerprint density at radius 2 is 1.94 bits per heavy atom. The summed E-state index contributed by atoms with van der Waals surface area (Å²) < 4.78 is 5.72. The highest BCUT2D eigenvalue weighted by Gasteiger charge is 2.05. The lowest BCUT2D eigenvalue weighted by atomic mass is 10.2. The molecule has 0 spiro atoms. The topological polar surface area (TPSA) is 61.0 Å². The fourth-order valence-electron chi connectivity index (χ4n) is 1.65. The number of nitrogens with zero attached hydrogens (tertiary/aromatic N) is 2. The summed E-state index contributed by atoms with van der Waals surface area (Å²) in [6.07, 6.45) is 1.52. The summed E-state index contributed by atoms with van der Waals surface area (Å²) in [6.45, 7) is 0.474. The molecule has 0 aliphatic rings. The van der Waals surface area contributed by atoms with E-state index < -0.39 is 0 Å². The molecule has 0 radical (unpaired) electrons. The van der Waals surface area contributed by atoms with Gasteiger partial charge in [0, 0.05) is 5.69 Å². The van der Waals surface area contributed by atoms with E-state index in [4.69, 9.17) is 10.5 Å². The van der Waals surface area contributed by atoms with E-state index in [1.807, 2.05) is 35.7 Å².